The van der Waals surface area contributed by atoms with Gasteiger partial charge in [0.25, 0.3) is 0 Å². The SMILES string of the molecule is CC(C)c1c(C2CC(F)(F)C2)nn(C)c1NC(=O)O[C@H]1C[C@@H](F)C1. The number of hydrogen-bond acceptors (Lipinski definition) is 3. The average Bonchev–Trinajstić information content (AvgIpc) is 2.71. The summed E-state index contributed by atoms with van der Waals surface area (Å²) in [6, 6.07) is 0. The number of amides is 1. The number of nitrogens with zero attached hydrogens (tertiary/aromatic N) is 2. The molecule has 0 saturated heterocycles. The Morgan fingerprint density at radius 2 is 2.00 bits per heavy atom. The van der Waals surface area contributed by atoms with Gasteiger partial charge in [-0.15, -0.1) is 0 Å². The van der Waals surface area contributed by atoms with Crippen molar-refractivity contribution in [2.45, 2.75) is 69.6 Å². The lowest BCUT2D eigenvalue weighted by atomic mass is 9.77. The van der Waals surface area contributed by atoms with Crippen LogP contribution in [0.2, 0.25) is 0 Å². The molecule has 0 unspecified atom stereocenters. The molecule has 3 rings (SSSR count). The number of halogens is 3. The van der Waals surface area contributed by atoms with Gasteiger partial charge < -0.3 is 4.74 Å². The quantitative estimate of drug-likeness (QED) is 0.894. The Morgan fingerprint density at radius 3 is 2.50 bits per heavy atom. The number of aromatic nitrogens is 2. The van der Waals surface area contributed by atoms with Crippen molar-refractivity contribution >= 4 is 11.9 Å². The highest BCUT2D eigenvalue weighted by Crippen LogP contribution is 2.50. The van der Waals surface area contributed by atoms with Crippen LogP contribution in [0.1, 0.15) is 62.6 Å². The minimum Gasteiger partial charge on any atom is -0.446 e. The topological polar surface area (TPSA) is 56.2 Å². The van der Waals surface area contributed by atoms with E-state index in [-0.39, 0.29) is 37.5 Å². The maximum absolute atomic E-state index is 13.2. The van der Waals surface area contributed by atoms with E-state index >= 15 is 0 Å². The van der Waals surface area contributed by atoms with Crippen molar-refractivity contribution in [3.05, 3.63) is 11.3 Å². The number of anilines is 1. The number of carbonyl (C=O) groups excluding carboxylic acids is 1. The first-order chi connectivity index (χ1) is 11.2. The number of carbonyl (C=O) groups is 1. The van der Waals surface area contributed by atoms with Crippen molar-refractivity contribution in [3.63, 3.8) is 0 Å². The highest BCUT2D eigenvalue weighted by Gasteiger charge is 2.48. The fraction of sp³-hybridized carbons (Fsp3) is 0.750. The number of alkyl halides is 3. The van der Waals surface area contributed by atoms with Crippen molar-refractivity contribution in [2.24, 2.45) is 7.05 Å². The van der Waals surface area contributed by atoms with Gasteiger partial charge in [-0.25, -0.2) is 18.0 Å². The molecule has 0 atom stereocenters. The lowest BCUT2D eigenvalue weighted by Gasteiger charge is -2.34. The van der Waals surface area contributed by atoms with Crippen LogP contribution >= 0.6 is 0 Å². The number of rotatable bonds is 4. The van der Waals surface area contributed by atoms with Gasteiger partial charge in [0, 0.05) is 44.2 Å². The first kappa shape index (κ1) is 17.1. The maximum atomic E-state index is 13.2. The van der Waals surface area contributed by atoms with Crippen molar-refractivity contribution in [1.29, 1.82) is 0 Å². The second kappa shape index (κ2) is 5.97. The van der Waals surface area contributed by atoms with E-state index in [9.17, 15) is 18.0 Å². The zero-order chi connectivity index (χ0) is 17.6. The summed E-state index contributed by atoms with van der Waals surface area (Å²) in [6.45, 7) is 3.85. The van der Waals surface area contributed by atoms with Crippen LogP contribution in [0.5, 0.6) is 0 Å². The minimum absolute atomic E-state index is 0.0112. The molecule has 8 heteroatoms. The van der Waals surface area contributed by atoms with Gasteiger partial charge in [-0.05, 0) is 5.92 Å². The predicted molar refractivity (Wildman–Crippen MR) is 82.2 cm³/mol. The third-order valence-corrected chi connectivity index (χ3v) is 4.70. The van der Waals surface area contributed by atoms with Crippen LogP contribution in [0.3, 0.4) is 0 Å². The molecule has 0 aliphatic heterocycles. The third kappa shape index (κ3) is 3.23. The van der Waals surface area contributed by atoms with E-state index in [0.29, 0.717) is 11.5 Å². The van der Waals surface area contributed by atoms with Crippen molar-refractivity contribution in [2.75, 3.05) is 5.32 Å². The second-order valence-electron chi connectivity index (χ2n) is 7.11. The molecule has 0 spiro atoms. The lowest BCUT2D eigenvalue weighted by Crippen LogP contribution is -2.36. The van der Waals surface area contributed by atoms with Gasteiger partial charge in [0.05, 0.1) is 5.69 Å². The van der Waals surface area contributed by atoms with Crippen molar-refractivity contribution in [3.8, 4) is 0 Å². The minimum atomic E-state index is -2.63. The number of hydrogen-bond donors (Lipinski definition) is 1. The fourth-order valence-corrected chi connectivity index (χ4v) is 3.31. The standard InChI is InChI=1S/C16H22F3N3O2/c1-8(2)12-13(9-6-16(18,19)7-9)21-22(3)14(12)20-15(23)24-11-4-10(17)5-11/h8-11H,4-7H2,1-3H3,(H,20,23)/t10-,11+. The van der Waals surface area contributed by atoms with Crippen LogP contribution in [-0.2, 0) is 11.8 Å². The van der Waals surface area contributed by atoms with E-state index in [1.165, 1.54) is 4.68 Å². The number of ether oxygens (including phenoxy) is 1. The highest BCUT2D eigenvalue weighted by atomic mass is 19.3. The van der Waals surface area contributed by atoms with Crippen LogP contribution in [0.4, 0.5) is 23.8 Å². The lowest BCUT2D eigenvalue weighted by molar-refractivity contribution is -0.0878. The summed E-state index contributed by atoms with van der Waals surface area (Å²) in [6.07, 6.45) is -1.96. The van der Waals surface area contributed by atoms with Crippen LogP contribution in [-0.4, -0.2) is 34.1 Å². The number of aryl methyl sites for hydroxylation is 1. The average molecular weight is 345 g/mol. The summed E-state index contributed by atoms with van der Waals surface area (Å²) in [7, 11) is 1.66. The molecule has 5 nitrogen and oxygen atoms in total. The van der Waals surface area contributed by atoms with Gasteiger partial charge >= 0.3 is 6.09 Å². The summed E-state index contributed by atoms with van der Waals surface area (Å²) in [5.41, 5.74) is 1.37. The summed E-state index contributed by atoms with van der Waals surface area (Å²) < 4.78 is 45.8. The van der Waals surface area contributed by atoms with Crippen molar-refractivity contribution in [1.82, 2.24) is 9.78 Å². The molecule has 24 heavy (non-hydrogen) atoms. The normalized spacial score (nSPS) is 26.0. The Hall–Kier alpha value is -1.73. The Morgan fingerprint density at radius 1 is 1.38 bits per heavy atom. The Kier molecular flexibility index (Phi) is 4.25. The van der Waals surface area contributed by atoms with Gasteiger partial charge in [-0.2, -0.15) is 5.10 Å². The summed E-state index contributed by atoms with van der Waals surface area (Å²) in [4.78, 5) is 12.0. The van der Waals surface area contributed by atoms with Crippen LogP contribution < -0.4 is 5.32 Å². The molecule has 134 valence electrons. The molecule has 1 heterocycles. The second-order valence-corrected chi connectivity index (χ2v) is 7.11. The smallest absolute Gasteiger partial charge is 0.413 e. The molecule has 1 aromatic rings. The van der Waals surface area contributed by atoms with Crippen LogP contribution in [0, 0.1) is 0 Å². The Bertz CT molecular complexity index is 631. The van der Waals surface area contributed by atoms with Gasteiger partial charge in [-0.3, -0.25) is 10.00 Å². The summed E-state index contributed by atoms with van der Waals surface area (Å²) in [5, 5.41) is 7.00. The zero-order valence-electron chi connectivity index (χ0n) is 14.0. The molecule has 2 saturated carbocycles. The first-order valence-corrected chi connectivity index (χ1v) is 8.22. The predicted octanol–water partition coefficient (Wildman–Crippen LogP) is 4.11. The molecule has 0 aromatic carbocycles. The van der Waals surface area contributed by atoms with E-state index < -0.39 is 24.3 Å². The molecule has 1 N–H and O–H groups in total. The zero-order valence-corrected chi connectivity index (χ0v) is 14.0. The van der Waals surface area contributed by atoms with E-state index in [4.69, 9.17) is 4.74 Å². The molecular weight excluding hydrogens is 323 g/mol. The molecular formula is C16H22F3N3O2. The molecule has 1 amide bonds. The summed E-state index contributed by atoms with van der Waals surface area (Å²) >= 11 is 0. The molecule has 2 aliphatic rings. The van der Waals surface area contributed by atoms with Gasteiger partial charge in [0.15, 0.2) is 0 Å². The van der Waals surface area contributed by atoms with E-state index in [1.54, 1.807) is 7.05 Å². The van der Waals surface area contributed by atoms with E-state index in [2.05, 4.69) is 10.4 Å². The van der Waals surface area contributed by atoms with Gasteiger partial charge in [0.2, 0.25) is 5.92 Å². The monoisotopic (exact) mass is 345 g/mol. The molecule has 0 bridgehead atoms. The molecule has 1 aromatic heterocycles. The summed E-state index contributed by atoms with van der Waals surface area (Å²) in [5.74, 6) is -2.46. The van der Waals surface area contributed by atoms with Crippen LogP contribution in [0.25, 0.3) is 0 Å². The molecule has 2 fully saturated rings. The van der Waals surface area contributed by atoms with E-state index in [0.717, 1.165) is 5.56 Å². The Labute approximate surface area is 138 Å². The Balaban J connectivity index is 1.74. The van der Waals surface area contributed by atoms with Gasteiger partial charge in [-0.1, -0.05) is 13.8 Å². The number of nitrogens with one attached hydrogen (secondary N) is 1. The first-order valence-electron chi connectivity index (χ1n) is 8.22. The van der Waals surface area contributed by atoms with Crippen molar-refractivity contribution < 1.29 is 22.7 Å². The highest BCUT2D eigenvalue weighted by molar-refractivity contribution is 5.85. The van der Waals surface area contributed by atoms with Crippen LogP contribution in [0.15, 0.2) is 0 Å². The van der Waals surface area contributed by atoms with E-state index in [1.807, 2.05) is 13.8 Å². The maximum Gasteiger partial charge on any atom is 0.413 e. The van der Waals surface area contributed by atoms with Gasteiger partial charge in [0.1, 0.15) is 18.1 Å². The molecule has 2 aliphatic carbocycles. The largest absolute Gasteiger partial charge is 0.446 e. The molecule has 0 radical (unpaired) electrons. The fourth-order valence-electron chi connectivity index (χ4n) is 3.31. The third-order valence-electron chi connectivity index (χ3n) is 4.70.